The number of benzene rings is 1. The Morgan fingerprint density at radius 3 is 2.69 bits per heavy atom. The zero-order valence-corrected chi connectivity index (χ0v) is 15.0. The molecular formula is C21H21N2O3-. The fourth-order valence-electron chi connectivity index (χ4n) is 3.42. The Morgan fingerprint density at radius 1 is 1.23 bits per heavy atom. The van der Waals surface area contributed by atoms with Gasteiger partial charge in [-0.2, -0.15) is 0 Å². The SMILES string of the molecule is CCC1(CC)CCOc2ccc(C#Cc3cnc(CC(=O)[O-])cn3)cc21. The van der Waals surface area contributed by atoms with Gasteiger partial charge >= 0.3 is 0 Å². The molecule has 0 aliphatic carbocycles. The number of ether oxygens (including phenoxy) is 1. The van der Waals surface area contributed by atoms with Gasteiger partial charge < -0.3 is 14.6 Å². The van der Waals surface area contributed by atoms with Crippen LogP contribution >= 0.6 is 0 Å². The van der Waals surface area contributed by atoms with Crippen molar-refractivity contribution in [1.82, 2.24) is 9.97 Å². The van der Waals surface area contributed by atoms with Crippen molar-refractivity contribution in [3.63, 3.8) is 0 Å². The first-order chi connectivity index (χ1) is 12.6. The van der Waals surface area contributed by atoms with Crippen molar-refractivity contribution in [2.75, 3.05) is 6.61 Å². The smallest absolute Gasteiger partial charge is 0.131 e. The molecule has 0 saturated carbocycles. The summed E-state index contributed by atoms with van der Waals surface area (Å²) in [5, 5.41) is 10.6. The van der Waals surface area contributed by atoms with Crippen molar-refractivity contribution in [1.29, 1.82) is 0 Å². The highest BCUT2D eigenvalue weighted by Gasteiger charge is 2.34. The summed E-state index contributed by atoms with van der Waals surface area (Å²) in [6.07, 6.45) is 5.82. The van der Waals surface area contributed by atoms with Gasteiger partial charge in [0.05, 0.1) is 24.7 Å². The number of carboxylic acids is 1. The summed E-state index contributed by atoms with van der Waals surface area (Å²) in [6.45, 7) is 5.20. The van der Waals surface area contributed by atoms with Crippen molar-refractivity contribution >= 4 is 5.97 Å². The number of carbonyl (C=O) groups excluding carboxylic acids is 1. The normalized spacial score (nSPS) is 14.5. The molecule has 134 valence electrons. The van der Waals surface area contributed by atoms with Crippen molar-refractivity contribution in [2.24, 2.45) is 0 Å². The maximum Gasteiger partial charge on any atom is 0.131 e. The van der Waals surface area contributed by atoms with E-state index in [0.29, 0.717) is 11.4 Å². The van der Waals surface area contributed by atoms with Gasteiger partial charge in [0, 0.05) is 28.9 Å². The molecule has 1 aliphatic rings. The van der Waals surface area contributed by atoms with Gasteiger partial charge in [0.2, 0.25) is 0 Å². The Labute approximate surface area is 153 Å². The highest BCUT2D eigenvalue weighted by molar-refractivity contribution is 5.67. The Kier molecular flexibility index (Phi) is 5.22. The first kappa shape index (κ1) is 17.9. The van der Waals surface area contributed by atoms with Crippen LogP contribution in [0.15, 0.2) is 30.6 Å². The summed E-state index contributed by atoms with van der Waals surface area (Å²) in [5.41, 5.74) is 3.14. The van der Waals surface area contributed by atoms with Gasteiger partial charge in [0.1, 0.15) is 11.4 Å². The molecule has 26 heavy (non-hydrogen) atoms. The minimum absolute atomic E-state index is 0.150. The van der Waals surface area contributed by atoms with E-state index in [1.54, 1.807) is 0 Å². The van der Waals surface area contributed by atoms with E-state index in [0.717, 1.165) is 37.2 Å². The molecule has 1 aromatic heterocycles. The lowest BCUT2D eigenvalue weighted by Crippen LogP contribution is -2.31. The third-order valence-electron chi connectivity index (χ3n) is 5.11. The molecule has 0 saturated heterocycles. The summed E-state index contributed by atoms with van der Waals surface area (Å²) in [7, 11) is 0. The average Bonchev–Trinajstić information content (AvgIpc) is 2.66. The number of rotatable bonds is 4. The molecule has 0 bridgehead atoms. The van der Waals surface area contributed by atoms with Crippen LogP contribution in [0.3, 0.4) is 0 Å². The molecule has 0 radical (unpaired) electrons. The monoisotopic (exact) mass is 349 g/mol. The Morgan fingerprint density at radius 2 is 2.04 bits per heavy atom. The van der Waals surface area contributed by atoms with Gasteiger partial charge in [-0.15, -0.1) is 0 Å². The Bertz CT molecular complexity index is 859. The van der Waals surface area contributed by atoms with Crippen LogP contribution in [0, 0.1) is 11.8 Å². The highest BCUT2D eigenvalue weighted by Crippen LogP contribution is 2.43. The van der Waals surface area contributed by atoms with Gasteiger partial charge in [-0.25, -0.2) is 4.98 Å². The van der Waals surface area contributed by atoms with Crippen LogP contribution in [0.1, 0.15) is 55.6 Å². The molecule has 3 rings (SSSR count). The van der Waals surface area contributed by atoms with Crippen LogP contribution in [0.5, 0.6) is 5.75 Å². The minimum Gasteiger partial charge on any atom is -0.550 e. The lowest BCUT2D eigenvalue weighted by Gasteiger charge is -2.37. The van der Waals surface area contributed by atoms with Gasteiger partial charge in [-0.3, -0.25) is 4.98 Å². The fourth-order valence-corrected chi connectivity index (χ4v) is 3.42. The van der Waals surface area contributed by atoms with E-state index in [1.807, 2.05) is 12.1 Å². The number of hydrogen-bond acceptors (Lipinski definition) is 5. The minimum atomic E-state index is -1.18. The zero-order chi connectivity index (χ0) is 18.6. The van der Waals surface area contributed by atoms with Gasteiger partial charge in [0.15, 0.2) is 0 Å². The largest absolute Gasteiger partial charge is 0.550 e. The number of nitrogens with zero attached hydrogens (tertiary/aromatic N) is 2. The third-order valence-corrected chi connectivity index (χ3v) is 5.11. The highest BCUT2D eigenvalue weighted by atomic mass is 16.5. The second-order valence-electron chi connectivity index (χ2n) is 6.49. The first-order valence-corrected chi connectivity index (χ1v) is 8.86. The van der Waals surface area contributed by atoms with Crippen molar-refractivity contribution in [3.05, 3.63) is 53.1 Å². The van der Waals surface area contributed by atoms with Crippen LogP contribution in [-0.2, 0) is 16.6 Å². The maximum atomic E-state index is 10.6. The molecule has 0 atom stereocenters. The molecule has 2 heterocycles. The van der Waals surface area contributed by atoms with Crippen molar-refractivity contribution in [3.8, 4) is 17.6 Å². The topological polar surface area (TPSA) is 75.1 Å². The van der Waals surface area contributed by atoms with E-state index in [9.17, 15) is 9.90 Å². The van der Waals surface area contributed by atoms with E-state index in [4.69, 9.17) is 4.74 Å². The summed E-state index contributed by atoms with van der Waals surface area (Å²) < 4.78 is 5.82. The number of fused-ring (bicyclic) bond motifs is 1. The molecule has 1 aliphatic heterocycles. The average molecular weight is 349 g/mol. The molecule has 0 amide bonds. The summed E-state index contributed by atoms with van der Waals surface area (Å²) in [4.78, 5) is 18.8. The molecule has 1 aromatic carbocycles. The van der Waals surface area contributed by atoms with Crippen LogP contribution in [-0.4, -0.2) is 22.5 Å². The molecular weight excluding hydrogens is 328 g/mol. The van der Waals surface area contributed by atoms with Crippen LogP contribution in [0.4, 0.5) is 0 Å². The second kappa shape index (κ2) is 7.57. The van der Waals surface area contributed by atoms with Gasteiger partial charge in [-0.1, -0.05) is 19.8 Å². The molecule has 0 spiro atoms. The lowest BCUT2D eigenvalue weighted by molar-refractivity contribution is -0.304. The van der Waals surface area contributed by atoms with Crippen LogP contribution in [0.25, 0.3) is 0 Å². The number of aromatic nitrogens is 2. The van der Waals surface area contributed by atoms with E-state index >= 15 is 0 Å². The van der Waals surface area contributed by atoms with Gasteiger partial charge in [-0.05, 0) is 43.4 Å². The Balaban J connectivity index is 1.86. The van der Waals surface area contributed by atoms with E-state index in [2.05, 4.69) is 41.7 Å². The number of carboxylic acid groups (broad SMARTS) is 1. The van der Waals surface area contributed by atoms with Gasteiger partial charge in [0.25, 0.3) is 0 Å². The molecule has 0 unspecified atom stereocenters. The predicted octanol–water partition coefficient (Wildman–Crippen LogP) is 2.01. The second-order valence-corrected chi connectivity index (χ2v) is 6.49. The fraction of sp³-hybridized carbons (Fsp3) is 0.381. The first-order valence-electron chi connectivity index (χ1n) is 8.86. The molecule has 5 nitrogen and oxygen atoms in total. The molecule has 2 aromatic rings. The quantitative estimate of drug-likeness (QED) is 0.789. The zero-order valence-electron chi connectivity index (χ0n) is 15.0. The van der Waals surface area contributed by atoms with E-state index in [-0.39, 0.29) is 11.8 Å². The van der Waals surface area contributed by atoms with Crippen molar-refractivity contribution < 1.29 is 14.6 Å². The summed E-state index contributed by atoms with van der Waals surface area (Å²) in [5.74, 6) is 5.88. The van der Waals surface area contributed by atoms with Crippen LogP contribution in [0.2, 0.25) is 0 Å². The maximum absolute atomic E-state index is 10.6. The van der Waals surface area contributed by atoms with Crippen molar-refractivity contribution in [2.45, 2.75) is 44.9 Å². The summed E-state index contributed by atoms with van der Waals surface area (Å²) >= 11 is 0. The summed E-state index contributed by atoms with van der Waals surface area (Å²) in [6, 6.07) is 6.06. The molecule has 0 fully saturated rings. The Hall–Kier alpha value is -2.87. The number of hydrogen-bond donors (Lipinski definition) is 0. The third kappa shape index (κ3) is 3.70. The lowest BCUT2D eigenvalue weighted by atomic mass is 9.71. The number of aliphatic carboxylic acids is 1. The molecule has 5 heteroatoms. The predicted molar refractivity (Wildman–Crippen MR) is 95.5 cm³/mol. The molecule has 0 N–H and O–H groups in total. The van der Waals surface area contributed by atoms with Crippen LogP contribution < -0.4 is 9.84 Å². The number of carbonyl (C=O) groups is 1. The van der Waals surface area contributed by atoms with E-state index in [1.165, 1.54) is 18.0 Å². The standard InChI is InChI=1S/C21H22N2O3/c1-3-21(4-2)9-10-26-19-8-6-15(11-18(19)21)5-7-16-13-23-17(14-22-16)12-20(24)25/h6,8,11,13-14H,3-4,9-10,12H2,1-2H3,(H,24,25)/p-1. The van der Waals surface area contributed by atoms with E-state index < -0.39 is 5.97 Å².